The van der Waals surface area contributed by atoms with Crippen molar-refractivity contribution in [1.82, 2.24) is 15.3 Å². The van der Waals surface area contributed by atoms with Crippen molar-refractivity contribution in [3.8, 4) is 0 Å². The van der Waals surface area contributed by atoms with Gasteiger partial charge in [0.15, 0.2) is 0 Å². The summed E-state index contributed by atoms with van der Waals surface area (Å²) in [6.45, 7) is 0.817. The molecule has 2 amide bonds. The van der Waals surface area contributed by atoms with Gasteiger partial charge < -0.3 is 4.90 Å². The number of nitro groups is 1. The molecule has 9 heteroatoms. The van der Waals surface area contributed by atoms with Crippen molar-refractivity contribution in [1.29, 1.82) is 0 Å². The molecular formula is C19H19N5O4. The van der Waals surface area contributed by atoms with E-state index in [2.05, 4.69) is 15.5 Å². The standard InChI is InChI=1S/C19H19N5O4/c25-18(22-21-13-14-3-2-8-20-12-14)15-6-9-23(10-7-15)19(26)16-4-1-5-17(11-16)24(27)28/h1-5,8,11-13,15H,6-7,9-10H2,(H,22,25)/b21-13+. The van der Waals surface area contributed by atoms with Crippen LogP contribution in [0, 0.1) is 16.0 Å². The number of piperidine rings is 1. The zero-order valence-electron chi connectivity index (χ0n) is 15.0. The third-order valence-electron chi connectivity index (χ3n) is 4.53. The van der Waals surface area contributed by atoms with Crippen molar-refractivity contribution in [2.24, 2.45) is 11.0 Å². The molecule has 0 saturated carbocycles. The fraction of sp³-hybridized carbons (Fsp3) is 0.263. The molecule has 1 fully saturated rings. The number of hydrogen-bond acceptors (Lipinski definition) is 6. The lowest BCUT2D eigenvalue weighted by Crippen LogP contribution is -2.42. The zero-order chi connectivity index (χ0) is 19.9. The Kier molecular flexibility index (Phi) is 6.05. The highest BCUT2D eigenvalue weighted by Gasteiger charge is 2.28. The number of pyridine rings is 1. The molecule has 9 nitrogen and oxygen atoms in total. The predicted octanol–water partition coefficient (Wildman–Crippen LogP) is 1.99. The van der Waals surface area contributed by atoms with E-state index in [1.807, 2.05) is 6.07 Å². The normalized spacial score (nSPS) is 14.8. The Morgan fingerprint density at radius 2 is 2.04 bits per heavy atom. The minimum atomic E-state index is -0.528. The molecular weight excluding hydrogens is 362 g/mol. The fourth-order valence-corrected chi connectivity index (χ4v) is 2.99. The summed E-state index contributed by atoms with van der Waals surface area (Å²) in [4.78, 5) is 40.7. The van der Waals surface area contributed by atoms with Gasteiger partial charge in [-0.3, -0.25) is 24.7 Å². The number of hydrazone groups is 1. The Labute approximate surface area is 161 Å². The number of carbonyl (C=O) groups is 2. The summed E-state index contributed by atoms with van der Waals surface area (Å²) in [5.41, 5.74) is 3.46. The number of amides is 2. The van der Waals surface area contributed by atoms with Crippen LogP contribution in [0.1, 0.15) is 28.8 Å². The van der Waals surface area contributed by atoms with Gasteiger partial charge in [0.25, 0.3) is 11.6 Å². The highest BCUT2D eigenvalue weighted by molar-refractivity contribution is 5.95. The van der Waals surface area contributed by atoms with E-state index in [1.165, 1.54) is 24.4 Å². The van der Waals surface area contributed by atoms with E-state index in [1.54, 1.807) is 29.4 Å². The Morgan fingerprint density at radius 3 is 2.71 bits per heavy atom. The maximum absolute atomic E-state index is 12.6. The third kappa shape index (κ3) is 4.76. The molecule has 0 aliphatic carbocycles. The largest absolute Gasteiger partial charge is 0.339 e. The van der Waals surface area contributed by atoms with Crippen molar-refractivity contribution in [2.75, 3.05) is 13.1 Å². The van der Waals surface area contributed by atoms with Crippen LogP contribution in [0.5, 0.6) is 0 Å². The van der Waals surface area contributed by atoms with Gasteiger partial charge in [-0.05, 0) is 25.0 Å². The first kappa shape index (κ1) is 19.2. The van der Waals surface area contributed by atoms with Gasteiger partial charge in [-0.1, -0.05) is 12.1 Å². The number of hydrogen-bond donors (Lipinski definition) is 1. The Morgan fingerprint density at radius 1 is 1.25 bits per heavy atom. The first-order valence-electron chi connectivity index (χ1n) is 8.81. The highest BCUT2D eigenvalue weighted by atomic mass is 16.6. The molecule has 1 N–H and O–H groups in total. The van der Waals surface area contributed by atoms with Gasteiger partial charge in [0.05, 0.1) is 11.1 Å². The van der Waals surface area contributed by atoms with Crippen LogP contribution < -0.4 is 5.43 Å². The second-order valence-corrected chi connectivity index (χ2v) is 6.39. The zero-order valence-corrected chi connectivity index (χ0v) is 15.0. The minimum Gasteiger partial charge on any atom is -0.339 e. The van der Waals surface area contributed by atoms with Crippen LogP contribution in [-0.2, 0) is 4.79 Å². The van der Waals surface area contributed by atoms with Gasteiger partial charge >= 0.3 is 0 Å². The molecule has 2 aromatic rings. The quantitative estimate of drug-likeness (QED) is 0.483. The second-order valence-electron chi connectivity index (χ2n) is 6.39. The van der Waals surface area contributed by atoms with Gasteiger partial charge in [-0.2, -0.15) is 5.10 Å². The van der Waals surface area contributed by atoms with Crippen LogP contribution >= 0.6 is 0 Å². The summed E-state index contributed by atoms with van der Waals surface area (Å²) in [7, 11) is 0. The molecule has 1 aromatic heterocycles. The number of carbonyl (C=O) groups excluding carboxylic acids is 2. The van der Waals surface area contributed by atoms with E-state index in [0.29, 0.717) is 25.9 Å². The van der Waals surface area contributed by atoms with Crippen LogP contribution in [-0.4, -0.2) is 45.9 Å². The van der Waals surface area contributed by atoms with Crippen LogP contribution in [0.2, 0.25) is 0 Å². The van der Waals surface area contributed by atoms with Gasteiger partial charge in [-0.25, -0.2) is 5.43 Å². The lowest BCUT2D eigenvalue weighted by Gasteiger charge is -2.31. The molecule has 0 atom stereocenters. The number of likely N-dealkylation sites (tertiary alicyclic amines) is 1. The molecule has 1 aromatic carbocycles. The average molecular weight is 381 g/mol. The van der Waals surface area contributed by atoms with E-state index in [4.69, 9.17) is 0 Å². The number of benzene rings is 1. The number of rotatable bonds is 5. The van der Waals surface area contributed by atoms with Crippen molar-refractivity contribution >= 4 is 23.7 Å². The summed E-state index contributed by atoms with van der Waals surface area (Å²) in [5.74, 6) is -0.694. The summed E-state index contributed by atoms with van der Waals surface area (Å²) < 4.78 is 0. The highest BCUT2D eigenvalue weighted by Crippen LogP contribution is 2.21. The molecule has 28 heavy (non-hydrogen) atoms. The lowest BCUT2D eigenvalue weighted by atomic mass is 9.95. The molecule has 2 heterocycles. The minimum absolute atomic E-state index is 0.119. The SMILES string of the molecule is O=C(N/N=C/c1cccnc1)C1CCN(C(=O)c2cccc([N+](=O)[O-])c2)CC1. The van der Waals surface area contributed by atoms with Crippen LogP contribution in [0.3, 0.4) is 0 Å². The van der Waals surface area contributed by atoms with E-state index in [9.17, 15) is 19.7 Å². The monoisotopic (exact) mass is 381 g/mol. The molecule has 0 spiro atoms. The summed E-state index contributed by atoms with van der Waals surface area (Å²) in [6, 6.07) is 9.26. The third-order valence-corrected chi connectivity index (χ3v) is 4.53. The van der Waals surface area contributed by atoms with Crippen LogP contribution in [0.4, 0.5) is 5.69 Å². The van der Waals surface area contributed by atoms with Crippen molar-refractivity contribution in [2.45, 2.75) is 12.8 Å². The van der Waals surface area contributed by atoms with Gasteiger partial charge in [0, 0.05) is 54.7 Å². The molecule has 1 aliphatic heterocycles. The van der Waals surface area contributed by atoms with Crippen LogP contribution in [0.25, 0.3) is 0 Å². The maximum atomic E-state index is 12.6. The average Bonchev–Trinajstić information content (AvgIpc) is 2.74. The lowest BCUT2D eigenvalue weighted by molar-refractivity contribution is -0.384. The molecule has 0 unspecified atom stereocenters. The van der Waals surface area contributed by atoms with Crippen LogP contribution in [0.15, 0.2) is 53.9 Å². The fourth-order valence-electron chi connectivity index (χ4n) is 2.99. The van der Waals surface area contributed by atoms with E-state index in [0.717, 1.165) is 5.56 Å². The number of non-ortho nitro benzene ring substituents is 1. The van der Waals surface area contributed by atoms with Crippen molar-refractivity contribution in [3.05, 3.63) is 70.0 Å². The molecule has 3 rings (SSSR count). The number of nitrogens with one attached hydrogen (secondary N) is 1. The molecule has 1 aliphatic rings. The second kappa shape index (κ2) is 8.85. The number of nitro benzene ring substituents is 1. The predicted molar refractivity (Wildman–Crippen MR) is 102 cm³/mol. The van der Waals surface area contributed by atoms with Gasteiger partial charge in [0.1, 0.15) is 0 Å². The Bertz CT molecular complexity index is 892. The van der Waals surface area contributed by atoms with Crippen molar-refractivity contribution < 1.29 is 14.5 Å². The van der Waals surface area contributed by atoms with E-state index < -0.39 is 4.92 Å². The molecule has 144 valence electrons. The summed E-state index contributed by atoms with van der Waals surface area (Å²) in [6.07, 6.45) is 5.82. The first-order chi connectivity index (χ1) is 13.5. The van der Waals surface area contributed by atoms with Gasteiger partial charge in [-0.15, -0.1) is 0 Å². The molecule has 1 saturated heterocycles. The number of aromatic nitrogens is 1. The first-order valence-corrected chi connectivity index (χ1v) is 8.81. The summed E-state index contributed by atoms with van der Waals surface area (Å²) in [5, 5.41) is 14.8. The summed E-state index contributed by atoms with van der Waals surface area (Å²) >= 11 is 0. The molecule has 0 bridgehead atoms. The van der Waals surface area contributed by atoms with E-state index in [-0.39, 0.29) is 29.0 Å². The Hall–Kier alpha value is -3.62. The van der Waals surface area contributed by atoms with Crippen molar-refractivity contribution in [3.63, 3.8) is 0 Å². The molecule has 0 radical (unpaired) electrons. The van der Waals surface area contributed by atoms with E-state index >= 15 is 0 Å². The Balaban J connectivity index is 1.51. The maximum Gasteiger partial charge on any atom is 0.270 e. The smallest absolute Gasteiger partial charge is 0.270 e. The van der Waals surface area contributed by atoms with Gasteiger partial charge in [0.2, 0.25) is 5.91 Å². The number of nitrogens with zero attached hydrogens (tertiary/aromatic N) is 4. The topological polar surface area (TPSA) is 118 Å².